The predicted octanol–water partition coefficient (Wildman–Crippen LogP) is 4.16. The molecule has 2 aliphatic rings. The van der Waals surface area contributed by atoms with E-state index in [1.54, 1.807) is 6.20 Å². The van der Waals surface area contributed by atoms with E-state index in [1.807, 2.05) is 71.4 Å². The Morgan fingerprint density at radius 3 is 2.71 bits per heavy atom. The second-order valence-corrected chi connectivity index (χ2v) is 8.30. The molecule has 1 fully saturated rings. The van der Waals surface area contributed by atoms with Gasteiger partial charge in [-0.25, -0.2) is 0 Å². The maximum absolute atomic E-state index is 13.4. The normalized spacial score (nSPS) is 16.6. The Morgan fingerprint density at radius 2 is 1.84 bits per heavy atom. The van der Waals surface area contributed by atoms with Crippen LogP contribution in [0, 0.1) is 0 Å². The molecule has 6 heteroatoms. The number of benzene rings is 2. The van der Waals surface area contributed by atoms with Crippen LogP contribution in [0.15, 0.2) is 67.0 Å². The standard InChI is InChI=1S/C25H22N4O2/c1-28-23-18-8-2-3-10-21(18)31-25(20(23)16-27-28)11-14-29(15-12-25)24(30)19-9-4-6-17-7-5-13-26-22(17)19/h2-10,13,16H,11-12,14-15H2,1H3. The molecule has 2 aliphatic heterocycles. The molecule has 6 nitrogen and oxygen atoms in total. The van der Waals surface area contributed by atoms with Gasteiger partial charge in [-0.2, -0.15) is 5.10 Å². The lowest BCUT2D eigenvalue weighted by Crippen LogP contribution is -2.49. The van der Waals surface area contributed by atoms with Crippen molar-refractivity contribution in [2.75, 3.05) is 13.1 Å². The molecule has 2 aromatic carbocycles. The van der Waals surface area contributed by atoms with Crippen LogP contribution in [-0.2, 0) is 12.6 Å². The van der Waals surface area contributed by atoms with Crippen LogP contribution in [-0.4, -0.2) is 38.7 Å². The molecule has 1 saturated heterocycles. The number of rotatable bonds is 1. The fraction of sp³-hybridized carbons (Fsp3) is 0.240. The van der Waals surface area contributed by atoms with Crippen LogP contribution in [0.1, 0.15) is 28.8 Å². The van der Waals surface area contributed by atoms with Crippen molar-refractivity contribution in [3.8, 4) is 17.0 Å². The van der Waals surface area contributed by atoms with Crippen molar-refractivity contribution in [2.24, 2.45) is 7.05 Å². The molecule has 0 N–H and O–H groups in total. The fourth-order valence-electron chi connectivity index (χ4n) is 5.00. The maximum Gasteiger partial charge on any atom is 0.256 e. The van der Waals surface area contributed by atoms with Crippen LogP contribution in [0.3, 0.4) is 0 Å². The Kier molecular flexibility index (Phi) is 3.90. The third kappa shape index (κ3) is 2.68. The highest BCUT2D eigenvalue weighted by atomic mass is 16.5. The topological polar surface area (TPSA) is 60.2 Å². The second kappa shape index (κ2) is 6.67. The first-order valence-electron chi connectivity index (χ1n) is 10.6. The lowest BCUT2D eigenvalue weighted by atomic mass is 9.81. The average molecular weight is 410 g/mol. The second-order valence-electron chi connectivity index (χ2n) is 8.30. The van der Waals surface area contributed by atoms with E-state index in [0.29, 0.717) is 18.7 Å². The lowest BCUT2D eigenvalue weighted by Gasteiger charge is -2.44. The number of hydrogen-bond acceptors (Lipinski definition) is 4. The van der Waals surface area contributed by atoms with Gasteiger partial charge in [0.25, 0.3) is 5.91 Å². The molecule has 1 spiro atoms. The molecule has 4 aromatic rings. The van der Waals surface area contributed by atoms with Gasteiger partial charge in [0.1, 0.15) is 11.4 Å². The highest BCUT2D eigenvalue weighted by Gasteiger charge is 2.45. The Labute approximate surface area is 180 Å². The van der Waals surface area contributed by atoms with Crippen molar-refractivity contribution in [1.29, 1.82) is 0 Å². The molecule has 4 heterocycles. The zero-order valence-corrected chi connectivity index (χ0v) is 17.3. The van der Waals surface area contributed by atoms with Gasteiger partial charge >= 0.3 is 0 Å². The number of amides is 1. The van der Waals surface area contributed by atoms with E-state index in [-0.39, 0.29) is 5.91 Å². The van der Waals surface area contributed by atoms with Crippen LogP contribution in [0.4, 0.5) is 0 Å². The number of ether oxygens (including phenoxy) is 1. The minimum absolute atomic E-state index is 0.0294. The highest BCUT2D eigenvalue weighted by molar-refractivity contribution is 6.05. The van der Waals surface area contributed by atoms with Gasteiger partial charge in [-0.1, -0.05) is 30.3 Å². The number of likely N-dealkylation sites (tertiary alicyclic amines) is 1. The quantitative estimate of drug-likeness (QED) is 0.473. The van der Waals surface area contributed by atoms with Gasteiger partial charge in [-0.05, 0) is 24.3 Å². The van der Waals surface area contributed by atoms with Gasteiger partial charge in [-0.3, -0.25) is 14.5 Å². The van der Waals surface area contributed by atoms with Crippen molar-refractivity contribution in [3.05, 3.63) is 78.1 Å². The van der Waals surface area contributed by atoms with Gasteiger partial charge < -0.3 is 9.64 Å². The van der Waals surface area contributed by atoms with Gasteiger partial charge in [0, 0.05) is 55.7 Å². The summed E-state index contributed by atoms with van der Waals surface area (Å²) in [5.74, 6) is 0.915. The number of fused-ring (bicyclic) bond motifs is 5. The Morgan fingerprint density at radius 1 is 1.03 bits per heavy atom. The van der Waals surface area contributed by atoms with Crippen LogP contribution in [0.2, 0.25) is 0 Å². The van der Waals surface area contributed by atoms with Crippen LogP contribution >= 0.6 is 0 Å². The lowest BCUT2D eigenvalue weighted by molar-refractivity contribution is -0.00166. The van der Waals surface area contributed by atoms with E-state index in [1.165, 1.54) is 0 Å². The summed E-state index contributed by atoms with van der Waals surface area (Å²) in [4.78, 5) is 19.7. The average Bonchev–Trinajstić information content (AvgIpc) is 3.22. The van der Waals surface area contributed by atoms with Crippen molar-refractivity contribution in [1.82, 2.24) is 19.7 Å². The molecule has 0 saturated carbocycles. The number of aromatic nitrogens is 3. The molecular weight excluding hydrogens is 388 g/mol. The van der Waals surface area contributed by atoms with Crippen molar-refractivity contribution < 1.29 is 9.53 Å². The zero-order valence-electron chi connectivity index (χ0n) is 17.3. The van der Waals surface area contributed by atoms with Crippen LogP contribution in [0.5, 0.6) is 5.75 Å². The molecule has 0 unspecified atom stereocenters. The summed E-state index contributed by atoms with van der Waals surface area (Å²) in [6, 6.07) is 17.8. The minimum atomic E-state index is -0.453. The zero-order chi connectivity index (χ0) is 21.0. The first kappa shape index (κ1) is 18.1. The molecule has 31 heavy (non-hydrogen) atoms. The van der Waals surface area contributed by atoms with E-state index in [0.717, 1.165) is 46.3 Å². The van der Waals surface area contributed by atoms with Crippen LogP contribution in [0.25, 0.3) is 22.2 Å². The van der Waals surface area contributed by atoms with Crippen molar-refractivity contribution in [2.45, 2.75) is 18.4 Å². The third-order valence-corrected chi connectivity index (χ3v) is 6.60. The highest BCUT2D eigenvalue weighted by Crippen LogP contribution is 2.49. The molecule has 0 radical (unpaired) electrons. The predicted molar refractivity (Wildman–Crippen MR) is 118 cm³/mol. The van der Waals surface area contributed by atoms with Gasteiger partial charge in [-0.15, -0.1) is 0 Å². The first-order valence-corrected chi connectivity index (χ1v) is 10.6. The largest absolute Gasteiger partial charge is 0.482 e. The summed E-state index contributed by atoms with van der Waals surface area (Å²) in [5.41, 5.74) is 4.26. The SMILES string of the molecule is Cn1ncc2c1-c1ccccc1OC21CCN(C(=O)c2cccc3cccnc23)CC1. The van der Waals surface area contributed by atoms with Gasteiger partial charge in [0.2, 0.25) is 0 Å². The fourth-order valence-corrected chi connectivity index (χ4v) is 5.00. The molecular formula is C25H22N4O2. The summed E-state index contributed by atoms with van der Waals surface area (Å²) in [6.45, 7) is 1.25. The summed E-state index contributed by atoms with van der Waals surface area (Å²) in [5, 5.41) is 5.51. The summed E-state index contributed by atoms with van der Waals surface area (Å²) in [6.07, 6.45) is 5.12. The number of nitrogens with zero attached hydrogens (tertiary/aromatic N) is 4. The molecule has 2 aromatic heterocycles. The summed E-state index contributed by atoms with van der Waals surface area (Å²) >= 11 is 0. The van der Waals surface area contributed by atoms with E-state index in [2.05, 4.69) is 16.1 Å². The molecule has 0 aliphatic carbocycles. The summed E-state index contributed by atoms with van der Waals surface area (Å²) in [7, 11) is 1.97. The van der Waals surface area contributed by atoms with E-state index in [4.69, 9.17) is 4.74 Å². The molecule has 154 valence electrons. The van der Waals surface area contributed by atoms with E-state index < -0.39 is 5.60 Å². The Bertz CT molecular complexity index is 1310. The van der Waals surface area contributed by atoms with Crippen molar-refractivity contribution >= 4 is 16.8 Å². The minimum Gasteiger partial charge on any atom is -0.482 e. The number of piperidine rings is 1. The number of aryl methyl sites for hydroxylation is 1. The third-order valence-electron chi connectivity index (χ3n) is 6.60. The van der Waals surface area contributed by atoms with E-state index in [9.17, 15) is 4.79 Å². The van der Waals surface area contributed by atoms with Gasteiger partial charge in [0.05, 0.1) is 23.0 Å². The number of para-hydroxylation sites is 2. The summed E-state index contributed by atoms with van der Waals surface area (Å²) < 4.78 is 8.53. The molecule has 0 atom stereocenters. The molecule has 0 bridgehead atoms. The Balaban J connectivity index is 1.31. The number of pyridine rings is 1. The monoisotopic (exact) mass is 410 g/mol. The maximum atomic E-state index is 13.4. The number of hydrogen-bond donors (Lipinski definition) is 0. The Hall–Kier alpha value is -3.67. The van der Waals surface area contributed by atoms with Crippen molar-refractivity contribution in [3.63, 3.8) is 0 Å². The smallest absolute Gasteiger partial charge is 0.256 e. The first-order chi connectivity index (χ1) is 15.2. The van der Waals surface area contributed by atoms with Crippen LogP contribution < -0.4 is 4.74 Å². The molecule has 1 amide bonds. The van der Waals surface area contributed by atoms with E-state index >= 15 is 0 Å². The number of carbonyl (C=O) groups is 1. The van der Waals surface area contributed by atoms with Gasteiger partial charge in [0.15, 0.2) is 0 Å². The number of carbonyl (C=O) groups excluding carboxylic acids is 1. The molecule has 6 rings (SSSR count).